The summed E-state index contributed by atoms with van der Waals surface area (Å²) in [5.74, 6) is -0.0294. The molecule has 1 heterocycles. The number of carbonyl (C=O) groups excluding carboxylic acids is 2. The number of halogens is 1. The lowest BCUT2D eigenvalue weighted by atomic mass is 10.0. The van der Waals surface area contributed by atoms with Crippen molar-refractivity contribution < 1.29 is 9.59 Å². The second-order valence-corrected chi connectivity index (χ2v) is 6.59. The van der Waals surface area contributed by atoms with E-state index in [0.717, 1.165) is 19.4 Å². The molecule has 1 saturated heterocycles. The summed E-state index contributed by atoms with van der Waals surface area (Å²) in [6.07, 6.45) is 3.29. The summed E-state index contributed by atoms with van der Waals surface area (Å²) in [5, 5.41) is 3.57. The van der Waals surface area contributed by atoms with Gasteiger partial charge in [-0.15, -0.1) is 0 Å². The second-order valence-electron chi connectivity index (χ2n) is 6.18. The first-order chi connectivity index (χ1) is 10.9. The molecule has 1 N–H and O–H groups in total. The number of hydrogen-bond acceptors (Lipinski definition) is 3. The number of hydrogen-bond donors (Lipinski definition) is 1. The number of likely N-dealkylation sites (tertiary alicyclic amines) is 1. The fraction of sp³-hybridized carbons (Fsp3) is 0.529. The van der Waals surface area contributed by atoms with E-state index in [0.29, 0.717) is 16.3 Å². The van der Waals surface area contributed by atoms with Crippen LogP contribution in [-0.4, -0.2) is 54.8 Å². The maximum Gasteiger partial charge on any atom is 0.253 e. The molecule has 1 aliphatic heterocycles. The topological polar surface area (TPSA) is 52.7 Å². The van der Waals surface area contributed by atoms with Gasteiger partial charge in [0.1, 0.15) is 0 Å². The molecule has 1 atom stereocenters. The lowest BCUT2D eigenvalue weighted by Gasteiger charge is -2.33. The fourth-order valence-corrected chi connectivity index (χ4v) is 2.98. The molecule has 2 rings (SSSR count). The van der Waals surface area contributed by atoms with Gasteiger partial charge in [-0.1, -0.05) is 11.6 Å². The molecule has 1 aromatic rings. The minimum Gasteiger partial charge on any atom is -0.375 e. The van der Waals surface area contributed by atoms with Crippen LogP contribution in [0.25, 0.3) is 0 Å². The predicted molar refractivity (Wildman–Crippen MR) is 93.0 cm³/mol. The molecule has 126 valence electrons. The maximum absolute atomic E-state index is 12.4. The Labute approximate surface area is 142 Å². The number of nitrogens with zero attached hydrogens (tertiary/aromatic N) is 2. The standard InChI is InChI=1S/C17H24ClN3O2/c1-12-6-4-5-9-21(12)16(22)11-19-15-10-13(7-8-14(15)18)17(23)20(2)3/h7-8,10,12,19H,4-6,9,11H2,1-3H3/t12-/m0/s1. The van der Waals surface area contributed by atoms with Crippen LogP contribution in [0.1, 0.15) is 36.5 Å². The van der Waals surface area contributed by atoms with Gasteiger partial charge in [-0.2, -0.15) is 0 Å². The highest BCUT2D eigenvalue weighted by Gasteiger charge is 2.23. The quantitative estimate of drug-likeness (QED) is 0.919. The number of benzene rings is 1. The van der Waals surface area contributed by atoms with Crippen LogP contribution in [0.5, 0.6) is 0 Å². The molecule has 0 aromatic heterocycles. The van der Waals surface area contributed by atoms with Crippen molar-refractivity contribution in [2.45, 2.75) is 32.2 Å². The molecular formula is C17H24ClN3O2. The average Bonchev–Trinajstić information content (AvgIpc) is 2.53. The highest BCUT2D eigenvalue weighted by atomic mass is 35.5. The van der Waals surface area contributed by atoms with Gasteiger partial charge < -0.3 is 15.1 Å². The van der Waals surface area contributed by atoms with Crippen LogP contribution in [0.4, 0.5) is 5.69 Å². The van der Waals surface area contributed by atoms with Gasteiger partial charge in [-0.3, -0.25) is 9.59 Å². The number of anilines is 1. The Balaban J connectivity index is 2.03. The molecule has 0 spiro atoms. The van der Waals surface area contributed by atoms with Gasteiger partial charge in [-0.25, -0.2) is 0 Å². The molecule has 1 fully saturated rings. The Morgan fingerprint density at radius 3 is 2.74 bits per heavy atom. The molecule has 0 bridgehead atoms. The Hall–Kier alpha value is -1.75. The van der Waals surface area contributed by atoms with Crippen molar-refractivity contribution in [1.82, 2.24) is 9.80 Å². The van der Waals surface area contributed by atoms with Crippen molar-refractivity contribution in [3.05, 3.63) is 28.8 Å². The lowest BCUT2D eigenvalue weighted by Crippen LogP contribution is -2.44. The monoisotopic (exact) mass is 337 g/mol. The smallest absolute Gasteiger partial charge is 0.253 e. The third kappa shape index (κ3) is 4.38. The SMILES string of the molecule is C[C@H]1CCCCN1C(=O)CNc1cc(C(=O)N(C)C)ccc1Cl. The maximum atomic E-state index is 12.4. The number of nitrogens with one attached hydrogen (secondary N) is 1. The predicted octanol–water partition coefficient (Wildman–Crippen LogP) is 2.85. The zero-order valence-corrected chi connectivity index (χ0v) is 14.7. The van der Waals surface area contributed by atoms with Crippen LogP contribution in [-0.2, 0) is 4.79 Å². The molecule has 1 aliphatic rings. The van der Waals surface area contributed by atoms with E-state index in [2.05, 4.69) is 12.2 Å². The molecule has 23 heavy (non-hydrogen) atoms. The first-order valence-corrected chi connectivity index (χ1v) is 8.32. The number of rotatable bonds is 4. The Morgan fingerprint density at radius 1 is 1.35 bits per heavy atom. The highest BCUT2D eigenvalue weighted by Crippen LogP contribution is 2.24. The van der Waals surface area contributed by atoms with E-state index in [1.807, 2.05) is 4.90 Å². The molecule has 0 aliphatic carbocycles. The molecule has 5 nitrogen and oxygen atoms in total. The first kappa shape index (κ1) is 17.6. The molecule has 0 unspecified atom stereocenters. The van der Waals surface area contributed by atoms with Crippen LogP contribution < -0.4 is 5.32 Å². The summed E-state index contributed by atoms with van der Waals surface area (Å²) in [6, 6.07) is 5.34. The third-order valence-electron chi connectivity index (χ3n) is 4.17. The van der Waals surface area contributed by atoms with E-state index in [9.17, 15) is 9.59 Å². The van der Waals surface area contributed by atoms with Crippen molar-refractivity contribution in [1.29, 1.82) is 0 Å². The van der Waals surface area contributed by atoms with Gasteiger partial charge in [0.2, 0.25) is 5.91 Å². The zero-order valence-electron chi connectivity index (χ0n) is 13.9. The van der Waals surface area contributed by atoms with Crippen molar-refractivity contribution in [3.8, 4) is 0 Å². The van der Waals surface area contributed by atoms with Gasteiger partial charge >= 0.3 is 0 Å². The van der Waals surface area contributed by atoms with Crippen molar-refractivity contribution in [2.24, 2.45) is 0 Å². The average molecular weight is 338 g/mol. The lowest BCUT2D eigenvalue weighted by molar-refractivity contribution is -0.132. The Bertz CT molecular complexity index is 589. The normalized spacial score (nSPS) is 17.7. The van der Waals surface area contributed by atoms with Crippen LogP contribution in [0, 0.1) is 0 Å². The summed E-state index contributed by atoms with van der Waals surface area (Å²) in [4.78, 5) is 27.8. The number of piperidine rings is 1. The van der Waals surface area contributed by atoms with Gasteiger partial charge in [0.15, 0.2) is 0 Å². The zero-order chi connectivity index (χ0) is 17.0. The van der Waals surface area contributed by atoms with Crippen LogP contribution in [0.3, 0.4) is 0 Å². The van der Waals surface area contributed by atoms with Crippen molar-refractivity contribution in [2.75, 3.05) is 32.5 Å². The number of carbonyl (C=O) groups is 2. The van der Waals surface area contributed by atoms with Gasteiger partial charge in [0.25, 0.3) is 5.91 Å². The summed E-state index contributed by atoms with van der Waals surface area (Å²) >= 11 is 6.17. The van der Waals surface area contributed by atoms with Gasteiger partial charge in [-0.05, 0) is 44.4 Å². The highest BCUT2D eigenvalue weighted by molar-refractivity contribution is 6.33. The molecule has 6 heteroatoms. The van der Waals surface area contributed by atoms with E-state index in [-0.39, 0.29) is 24.4 Å². The van der Waals surface area contributed by atoms with Gasteiger partial charge in [0, 0.05) is 32.2 Å². The van der Waals surface area contributed by atoms with E-state index in [1.165, 1.54) is 11.3 Å². The number of amides is 2. The van der Waals surface area contributed by atoms with E-state index in [1.54, 1.807) is 32.3 Å². The second kappa shape index (κ2) is 7.68. The summed E-state index contributed by atoms with van der Waals surface area (Å²) in [5.41, 5.74) is 1.15. The molecule has 2 amide bonds. The molecule has 1 aromatic carbocycles. The summed E-state index contributed by atoms with van der Waals surface area (Å²) in [6.45, 7) is 3.08. The van der Waals surface area contributed by atoms with E-state index >= 15 is 0 Å². The third-order valence-corrected chi connectivity index (χ3v) is 4.50. The van der Waals surface area contributed by atoms with Crippen LogP contribution >= 0.6 is 11.6 Å². The van der Waals surface area contributed by atoms with Crippen LogP contribution in [0.2, 0.25) is 5.02 Å². The van der Waals surface area contributed by atoms with Gasteiger partial charge in [0.05, 0.1) is 17.3 Å². The van der Waals surface area contributed by atoms with Crippen molar-refractivity contribution in [3.63, 3.8) is 0 Å². The minimum atomic E-state index is -0.0966. The first-order valence-electron chi connectivity index (χ1n) is 7.94. The fourth-order valence-electron chi connectivity index (χ4n) is 2.79. The van der Waals surface area contributed by atoms with Crippen LogP contribution in [0.15, 0.2) is 18.2 Å². The molecule has 0 radical (unpaired) electrons. The summed E-state index contributed by atoms with van der Waals surface area (Å²) < 4.78 is 0. The Kier molecular flexibility index (Phi) is 5.88. The molecule has 0 saturated carbocycles. The minimum absolute atomic E-state index is 0.0672. The largest absolute Gasteiger partial charge is 0.375 e. The summed E-state index contributed by atoms with van der Waals surface area (Å²) in [7, 11) is 3.40. The van der Waals surface area contributed by atoms with E-state index < -0.39 is 0 Å². The molecular weight excluding hydrogens is 314 g/mol. The van der Waals surface area contributed by atoms with Crippen molar-refractivity contribution >= 4 is 29.1 Å². The van der Waals surface area contributed by atoms with E-state index in [4.69, 9.17) is 11.6 Å². The Morgan fingerprint density at radius 2 is 2.09 bits per heavy atom.